The minimum Gasteiger partial charge on any atom is -0.502 e. The number of carbonyl (C=O) groups excluding carboxylic acids is 1. The molecule has 0 saturated carbocycles. The second-order valence-corrected chi connectivity index (χ2v) is 6.99. The normalized spacial score (nSPS) is 16.0. The molecular weight excluding hydrogens is 376 g/mol. The predicted molar refractivity (Wildman–Crippen MR) is 105 cm³/mol. The third kappa shape index (κ3) is 3.88. The summed E-state index contributed by atoms with van der Waals surface area (Å²) in [6.45, 7) is 3.84. The number of benzene rings is 2. The van der Waals surface area contributed by atoms with Crippen LogP contribution in [-0.4, -0.2) is 68.0 Å². The first-order valence-corrected chi connectivity index (χ1v) is 9.44. The molecule has 0 aromatic heterocycles. The van der Waals surface area contributed by atoms with E-state index < -0.39 is 0 Å². The summed E-state index contributed by atoms with van der Waals surface area (Å²) in [5.74, 6) is 1.78. The molecule has 2 aromatic rings. The summed E-state index contributed by atoms with van der Waals surface area (Å²) in [7, 11) is 2.88. The molecule has 8 nitrogen and oxygen atoms in total. The highest BCUT2D eigenvalue weighted by Crippen LogP contribution is 2.37. The monoisotopic (exact) mass is 400 g/mol. The lowest BCUT2D eigenvalue weighted by Gasteiger charge is -2.35. The van der Waals surface area contributed by atoms with Crippen molar-refractivity contribution in [1.82, 2.24) is 9.80 Å². The Balaban J connectivity index is 1.39. The number of phenolic OH excluding ortho intramolecular Hbond substituents is 1. The molecule has 1 fully saturated rings. The maximum Gasteiger partial charge on any atom is 0.254 e. The Morgan fingerprint density at radius 1 is 1.00 bits per heavy atom. The largest absolute Gasteiger partial charge is 0.502 e. The van der Waals surface area contributed by atoms with Crippen molar-refractivity contribution in [3.05, 3.63) is 41.5 Å². The molecule has 1 amide bonds. The number of fused-ring (bicyclic) bond motifs is 1. The number of phenols is 1. The second-order valence-electron chi connectivity index (χ2n) is 6.99. The Kier molecular flexibility index (Phi) is 5.35. The summed E-state index contributed by atoms with van der Waals surface area (Å²) in [4.78, 5) is 17.0. The molecule has 0 unspecified atom stereocenters. The third-order valence-electron chi connectivity index (χ3n) is 5.23. The first kappa shape index (κ1) is 19.2. The zero-order valence-corrected chi connectivity index (χ0v) is 16.5. The number of aromatic hydroxyl groups is 1. The van der Waals surface area contributed by atoms with Gasteiger partial charge in [0, 0.05) is 38.3 Å². The molecule has 2 aromatic carbocycles. The number of rotatable bonds is 5. The minimum atomic E-state index is -0.111. The Bertz CT molecular complexity index is 883. The van der Waals surface area contributed by atoms with Crippen molar-refractivity contribution in [3.8, 4) is 28.7 Å². The highest BCUT2D eigenvalue weighted by molar-refractivity contribution is 5.95. The van der Waals surface area contributed by atoms with Gasteiger partial charge in [-0.15, -0.1) is 0 Å². The molecule has 2 heterocycles. The van der Waals surface area contributed by atoms with Crippen molar-refractivity contribution in [2.24, 2.45) is 0 Å². The minimum absolute atomic E-state index is 0.107. The van der Waals surface area contributed by atoms with E-state index in [4.69, 9.17) is 18.9 Å². The molecule has 0 atom stereocenters. The average molecular weight is 400 g/mol. The van der Waals surface area contributed by atoms with Gasteiger partial charge in [0.2, 0.25) is 12.5 Å². The zero-order chi connectivity index (χ0) is 20.4. The van der Waals surface area contributed by atoms with Gasteiger partial charge < -0.3 is 29.0 Å². The lowest BCUT2D eigenvalue weighted by Crippen LogP contribution is -2.48. The van der Waals surface area contributed by atoms with Gasteiger partial charge in [0.15, 0.2) is 23.0 Å². The Morgan fingerprint density at radius 2 is 1.66 bits per heavy atom. The smallest absolute Gasteiger partial charge is 0.254 e. The SMILES string of the molecule is COc1cc(C(=O)N2CCN(Cc3ccc4c(c3)OCO4)CC2)cc(OC)c1O. The van der Waals surface area contributed by atoms with Crippen LogP contribution in [0.5, 0.6) is 28.7 Å². The van der Waals surface area contributed by atoms with Crippen molar-refractivity contribution in [2.45, 2.75) is 6.54 Å². The molecule has 29 heavy (non-hydrogen) atoms. The lowest BCUT2D eigenvalue weighted by atomic mass is 10.1. The highest BCUT2D eigenvalue weighted by atomic mass is 16.7. The fourth-order valence-corrected chi connectivity index (χ4v) is 3.61. The predicted octanol–water partition coefficient (Wildman–Crippen LogP) is 2.10. The number of carbonyl (C=O) groups is 1. The van der Waals surface area contributed by atoms with Crippen LogP contribution in [0.1, 0.15) is 15.9 Å². The summed E-state index contributed by atoms with van der Waals surface area (Å²) >= 11 is 0. The standard InChI is InChI=1S/C21H24N2O6/c1-26-18-10-15(11-19(27-2)20(18)24)21(25)23-7-5-22(6-8-23)12-14-3-4-16-17(9-14)29-13-28-16/h3-4,9-11,24H,5-8,12-13H2,1-2H3. The number of amides is 1. The molecule has 0 aliphatic carbocycles. The summed E-state index contributed by atoms with van der Waals surface area (Å²) in [6, 6.07) is 9.07. The number of hydrogen-bond acceptors (Lipinski definition) is 7. The van der Waals surface area contributed by atoms with E-state index in [9.17, 15) is 9.90 Å². The number of methoxy groups -OCH3 is 2. The van der Waals surface area contributed by atoms with Gasteiger partial charge in [-0.1, -0.05) is 6.07 Å². The van der Waals surface area contributed by atoms with E-state index >= 15 is 0 Å². The van der Waals surface area contributed by atoms with Gasteiger partial charge in [-0.2, -0.15) is 0 Å². The van der Waals surface area contributed by atoms with Gasteiger partial charge in [0.05, 0.1) is 14.2 Å². The van der Waals surface area contributed by atoms with Crippen LogP contribution in [-0.2, 0) is 6.54 Å². The van der Waals surface area contributed by atoms with Gasteiger partial charge in [-0.05, 0) is 29.8 Å². The first-order chi connectivity index (χ1) is 14.1. The van der Waals surface area contributed by atoms with E-state index in [1.807, 2.05) is 18.2 Å². The van der Waals surface area contributed by atoms with E-state index in [0.717, 1.165) is 36.7 Å². The molecule has 2 aliphatic heterocycles. The van der Waals surface area contributed by atoms with Gasteiger partial charge in [0.25, 0.3) is 5.91 Å². The fourth-order valence-electron chi connectivity index (χ4n) is 3.61. The molecule has 154 valence electrons. The van der Waals surface area contributed by atoms with Crippen LogP contribution in [0, 0.1) is 0 Å². The van der Waals surface area contributed by atoms with Crippen LogP contribution >= 0.6 is 0 Å². The van der Waals surface area contributed by atoms with Gasteiger partial charge in [0.1, 0.15) is 0 Å². The molecule has 1 saturated heterocycles. The Hall–Kier alpha value is -3.13. The van der Waals surface area contributed by atoms with Crippen LogP contribution in [0.2, 0.25) is 0 Å². The van der Waals surface area contributed by atoms with Crippen LogP contribution in [0.25, 0.3) is 0 Å². The van der Waals surface area contributed by atoms with E-state index in [2.05, 4.69) is 4.90 Å². The number of ether oxygens (including phenoxy) is 4. The first-order valence-electron chi connectivity index (χ1n) is 9.44. The maximum absolute atomic E-state index is 12.9. The van der Waals surface area contributed by atoms with Crippen LogP contribution in [0.15, 0.2) is 30.3 Å². The third-order valence-corrected chi connectivity index (χ3v) is 5.23. The van der Waals surface area contributed by atoms with Crippen LogP contribution in [0.3, 0.4) is 0 Å². The topological polar surface area (TPSA) is 80.7 Å². The van der Waals surface area contributed by atoms with Crippen molar-refractivity contribution < 1.29 is 28.8 Å². The fraction of sp³-hybridized carbons (Fsp3) is 0.381. The van der Waals surface area contributed by atoms with Gasteiger partial charge >= 0.3 is 0 Å². The Morgan fingerprint density at radius 3 is 2.31 bits per heavy atom. The van der Waals surface area contributed by atoms with Gasteiger partial charge in [-0.25, -0.2) is 0 Å². The molecule has 8 heteroatoms. The van der Waals surface area contributed by atoms with E-state index in [0.29, 0.717) is 18.7 Å². The molecule has 0 radical (unpaired) electrons. The molecule has 0 bridgehead atoms. The average Bonchev–Trinajstić information content (AvgIpc) is 3.22. The van der Waals surface area contributed by atoms with Crippen molar-refractivity contribution in [1.29, 1.82) is 0 Å². The second kappa shape index (κ2) is 8.08. The zero-order valence-electron chi connectivity index (χ0n) is 16.5. The molecule has 0 spiro atoms. The molecule has 1 N–H and O–H groups in total. The summed E-state index contributed by atoms with van der Waals surface area (Å²) in [6.07, 6.45) is 0. The number of nitrogens with zero attached hydrogens (tertiary/aromatic N) is 2. The van der Waals surface area contributed by atoms with E-state index in [1.54, 1.807) is 17.0 Å². The molecular formula is C21H24N2O6. The Labute approximate surface area is 169 Å². The molecule has 4 rings (SSSR count). The van der Waals surface area contributed by atoms with Crippen molar-refractivity contribution in [3.63, 3.8) is 0 Å². The van der Waals surface area contributed by atoms with Crippen molar-refractivity contribution in [2.75, 3.05) is 47.2 Å². The number of hydrogen-bond donors (Lipinski definition) is 1. The van der Waals surface area contributed by atoms with Crippen LogP contribution < -0.4 is 18.9 Å². The quantitative estimate of drug-likeness (QED) is 0.823. The summed E-state index contributed by atoms with van der Waals surface area (Å²) in [5, 5.41) is 10.0. The summed E-state index contributed by atoms with van der Waals surface area (Å²) in [5.41, 5.74) is 1.59. The lowest BCUT2D eigenvalue weighted by molar-refractivity contribution is 0.0627. The van der Waals surface area contributed by atoms with E-state index in [1.165, 1.54) is 14.2 Å². The molecule has 2 aliphatic rings. The van der Waals surface area contributed by atoms with Crippen LogP contribution in [0.4, 0.5) is 0 Å². The maximum atomic E-state index is 12.9. The number of piperazine rings is 1. The van der Waals surface area contributed by atoms with E-state index in [-0.39, 0.29) is 29.9 Å². The van der Waals surface area contributed by atoms with Crippen molar-refractivity contribution >= 4 is 5.91 Å². The van der Waals surface area contributed by atoms with Gasteiger partial charge in [-0.3, -0.25) is 9.69 Å². The highest BCUT2D eigenvalue weighted by Gasteiger charge is 2.25. The summed E-state index contributed by atoms with van der Waals surface area (Å²) < 4.78 is 21.1.